The molecule has 0 atom stereocenters. The van der Waals surface area contributed by atoms with E-state index < -0.39 is 11.8 Å². The molecule has 72 valence electrons. The van der Waals surface area contributed by atoms with Crippen molar-refractivity contribution in [2.75, 3.05) is 0 Å². The number of hydrogen-bond donors (Lipinski definition) is 1. The van der Waals surface area contributed by atoms with Gasteiger partial charge in [0.15, 0.2) is 5.82 Å². The molecule has 2 rings (SSSR count). The van der Waals surface area contributed by atoms with Crippen molar-refractivity contribution in [2.45, 2.75) is 0 Å². The molecule has 5 heteroatoms. The molecular weight excluding hydrogens is 187 g/mol. The minimum absolute atomic E-state index is 0.0707. The molecule has 4 nitrogen and oxygen atoms in total. The third kappa shape index (κ3) is 1.14. The van der Waals surface area contributed by atoms with Crippen molar-refractivity contribution in [3.05, 3.63) is 29.8 Å². The van der Waals surface area contributed by atoms with Crippen LogP contribution in [0.4, 0.5) is 4.39 Å². The van der Waals surface area contributed by atoms with Gasteiger partial charge in [0.2, 0.25) is 0 Å². The van der Waals surface area contributed by atoms with Crippen LogP contribution in [0.5, 0.6) is 0 Å². The molecule has 0 aliphatic rings. The first-order valence-corrected chi connectivity index (χ1v) is 3.93. The fourth-order valence-corrected chi connectivity index (χ4v) is 1.31. The van der Waals surface area contributed by atoms with Crippen molar-refractivity contribution < 1.29 is 14.3 Å². The summed E-state index contributed by atoms with van der Waals surface area (Å²) in [4.78, 5) is 14.4. The number of carboxylic acid groups (broad SMARTS) is 1. The van der Waals surface area contributed by atoms with Gasteiger partial charge in [0, 0.05) is 7.05 Å². The van der Waals surface area contributed by atoms with E-state index in [1.807, 2.05) is 0 Å². The van der Waals surface area contributed by atoms with Crippen molar-refractivity contribution in [3.63, 3.8) is 0 Å². The molecule has 0 bridgehead atoms. The lowest BCUT2D eigenvalue weighted by Crippen LogP contribution is -1.98. The van der Waals surface area contributed by atoms with E-state index in [0.29, 0.717) is 5.52 Å². The summed E-state index contributed by atoms with van der Waals surface area (Å²) in [6.45, 7) is 0. The number of fused-ring (bicyclic) bond motifs is 1. The number of hydrogen-bond acceptors (Lipinski definition) is 2. The van der Waals surface area contributed by atoms with Crippen LogP contribution < -0.4 is 0 Å². The summed E-state index contributed by atoms with van der Waals surface area (Å²) in [7, 11) is 1.68. The van der Waals surface area contributed by atoms with Gasteiger partial charge in [-0.2, -0.15) is 0 Å². The summed E-state index contributed by atoms with van der Waals surface area (Å²) in [5, 5.41) is 8.70. The van der Waals surface area contributed by atoms with E-state index in [1.165, 1.54) is 12.4 Å². The van der Waals surface area contributed by atoms with Gasteiger partial charge in [-0.15, -0.1) is 0 Å². The summed E-state index contributed by atoms with van der Waals surface area (Å²) < 4.78 is 14.9. The lowest BCUT2D eigenvalue weighted by molar-refractivity contribution is 0.0696. The highest BCUT2D eigenvalue weighted by Crippen LogP contribution is 2.18. The number of imidazole rings is 1. The van der Waals surface area contributed by atoms with Gasteiger partial charge in [-0.25, -0.2) is 14.2 Å². The second kappa shape index (κ2) is 2.80. The maximum atomic E-state index is 13.3. The minimum Gasteiger partial charge on any atom is -0.478 e. The Labute approximate surface area is 78.6 Å². The van der Waals surface area contributed by atoms with Crippen LogP contribution in [0.15, 0.2) is 18.5 Å². The van der Waals surface area contributed by atoms with Crippen LogP contribution in [0, 0.1) is 5.82 Å². The maximum absolute atomic E-state index is 13.3. The molecule has 0 unspecified atom stereocenters. The Morgan fingerprint density at radius 2 is 2.29 bits per heavy atom. The van der Waals surface area contributed by atoms with Crippen LogP contribution in [-0.4, -0.2) is 20.6 Å². The van der Waals surface area contributed by atoms with Gasteiger partial charge >= 0.3 is 5.97 Å². The van der Waals surface area contributed by atoms with E-state index in [1.54, 1.807) is 11.6 Å². The Morgan fingerprint density at radius 1 is 1.57 bits per heavy atom. The number of benzene rings is 1. The summed E-state index contributed by atoms with van der Waals surface area (Å²) in [6.07, 6.45) is 1.44. The molecule has 0 fully saturated rings. The smallest absolute Gasteiger partial charge is 0.335 e. The molecule has 2 aromatic rings. The van der Waals surface area contributed by atoms with Gasteiger partial charge in [0.1, 0.15) is 5.52 Å². The quantitative estimate of drug-likeness (QED) is 0.746. The Balaban J connectivity index is 2.82. The Hall–Kier alpha value is -1.91. The SMILES string of the molecule is Cn1cnc2c(F)cc(C(=O)O)cc21. The number of halogens is 1. The predicted molar refractivity (Wildman–Crippen MR) is 47.6 cm³/mol. The van der Waals surface area contributed by atoms with Crippen LogP contribution >= 0.6 is 0 Å². The Bertz CT molecular complexity index is 519. The van der Waals surface area contributed by atoms with Crippen LogP contribution in [0.3, 0.4) is 0 Å². The lowest BCUT2D eigenvalue weighted by atomic mass is 10.2. The van der Waals surface area contributed by atoms with Gasteiger partial charge in [-0.05, 0) is 12.1 Å². The first-order valence-electron chi connectivity index (χ1n) is 3.93. The second-order valence-electron chi connectivity index (χ2n) is 2.99. The zero-order chi connectivity index (χ0) is 10.3. The highest BCUT2D eigenvalue weighted by molar-refractivity contribution is 5.92. The average Bonchev–Trinajstić information content (AvgIpc) is 2.48. The molecule has 1 aromatic heterocycles. The summed E-state index contributed by atoms with van der Waals surface area (Å²) in [5.74, 6) is -1.76. The van der Waals surface area contributed by atoms with E-state index in [-0.39, 0.29) is 11.1 Å². The molecule has 1 heterocycles. The monoisotopic (exact) mass is 194 g/mol. The van der Waals surface area contributed by atoms with Crippen molar-refractivity contribution in [1.82, 2.24) is 9.55 Å². The molecule has 0 radical (unpaired) electrons. The number of carbonyl (C=O) groups is 1. The average molecular weight is 194 g/mol. The number of nitrogens with zero attached hydrogens (tertiary/aromatic N) is 2. The van der Waals surface area contributed by atoms with Gasteiger partial charge < -0.3 is 9.67 Å². The van der Waals surface area contributed by atoms with Crippen molar-refractivity contribution >= 4 is 17.0 Å². The van der Waals surface area contributed by atoms with Gasteiger partial charge in [-0.1, -0.05) is 0 Å². The third-order valence-electron chi connectivity index (χ3n) is 2.03. The van der Waals surface area contributed by atoms with Crippen LogP contribution in [0.25, 0.3) is 11.0 Å². The minimum atomic E-state index is -1.15. The molecule has 0 spiro atoms. The fourth-order valence-electron chi connectivity index (χ4n) is 1.31. The van der Waals surface area contributed by atoms with E-state index in [4.69, 9.17) is 5.11 Å². The summed E-state index contributed by atoms with van der Waals surface area (Å²) in [5.41, 5.74) is 0.596. The molecular formula is C9H7FN2O2. The van der Waals surface area contributed by atoms with E-state index in [0.717, 1.165) is 6.07 Å². The van der Waals surface area contributed by atoms with Gasteiger partial charge in [0.05, 0.1) is 17.4 Å². The van der Waals surface area contributed by atoms with Crippen LogP contribution in [0.2, 0.25) is 0 Å². The number of aromatic nitrogens is 2. The molecule has 14 heavy (non-hydrogen) atoms. The van der Waals surface area contributed by atoms with E-state index in [2.05, 4.69) is 4.98 Å². The Kier molecular flexibility index (Phi) is 1.73. The normalized spacial score (nSPS) is 10.7. The molecule has 1 aromatic carbocycles. The number of aromatic carboxylic acids is 1. The molecule has 0 amide bonds. The van der Waals surface area contributed by atoms with Gasteiger partial charge in [0.25, 0.3) is 0 Å². The number of rotatable bonds is 1. The first-order chi connectivity index (χ1) is 6.59. The second-order valence-corrected chi connectivity index (χ2v) is 2.99. The molecule has 0 aliphatic carbocycles. The highest BCUT2D eigenvalue weighted by Gasteiger charge is 2.11. The highest BCUT2D eigenvalue weighted by atomic mass is 19.1. The first kappa shape index (κ1) is 8.68. The van der Waals surface area contributed by atoms with Crippen LogP contribution in [-0.2, 0) is 7.05 Å². The van der Waals surface area contributed by atoms with Crippen molar-refractivity contribution in [1.29, 1.82) is 0 Å². The van der Waals surface area contributed by atoms with Crippen LogP contribution in [0.1, 0.15) is 10.4 Å². The molecule has 1 N–H and O–H groups in total. The molecule has 0 saturated heterocycles. The van der Waals surface area contributed by atoms with Crippen molar-refractivity contribution in [2.24, 2.45) is 7.05 Å². The zero-order valence-electron chi connectivity index (χ0n) is 7.36. The van der Waals surface area contributed by atoms with Crippen molar-refractivity contribution in [3.8, 4) is 0 Å². The standard InChI is InChI=1S/C9H7FN2O2/c1-12-4-11-8-6(10)2-5(9(13)14)3-7(8)12/h2-4H,1H3,(H,13,14). The van der Waals surface area contributed by atoms with Gasteiger partial charge in [-0.3, -0.25) is 0 Å². The predicted octanol–water partition coefficient (Wildman–Crippen LogP) is 1.41. The largest absolute Gasteiger partial charge is 0.478 e. The summed E-state index contributed by atoms with van der Waals surface area (Å²) in [6, 6.07) is 2.37. The van der Waals surface area contributed by atoms with E-state index >= 15 is 0 Å². The third-order valence-corrected chi connectivity index (χ3v) is 2.03. The lowest BCUT2D eigenvalue weighted by Gasteiger charge is -1.98. The van der Waals surface area contributed by atoms with E-state index in [9.17, 15) is 9.18 Å². The maximum Gasteiger partial charge on any atom is 0.335 e. The Morgan fingerprint density at radius 3 is 2.93 bits per heavy atom. The summed E-state index contributed by atoms with van der Waals surface area (Å²) >= 11 is 0. The number of carboxylic acids is 1. The molecule has 0 saturated carbocycles. The zero-order valence-corrected chi connectivity index (χ0v) is 7.36. The molecule has 0 aliphatic heterocycles. The fraction of sp³-hybridized carbons (Fsp3) is 0.111. The number of aryl methyl sites for hydroxylation is 1. The topological polar surface area (TPSA) is 55.1 Å².